The first kappa shape index (κ1) is 14.5. The number of carbonyl (C=O) groups excluding carboxylic acids is 1. The summed E-state index contributed by atoms with van der Waals surface area (Å²) in [4.78, 5) is 14.2. The second kappa shape index (κ2) is 6.36. The number of nitrogens with one attached hydrogen (secondary N) is 1. The van der Waals surface area contributed by atoms with Crippen molar-refractivity contribution in [3.8, 4) is 0 Å². The summed E-state index contributed by atoms with van der Waals surface area (Å²) in [7, 11) is 0. The first-order valence-corrected chi connectivity index (χ1v) is 6.69. The highest BCUT2D eigenvalue weighted by Gasteiger charge is 2.25. The highest BCUT2D eigenvalue weighted by atomic mass is 16.1. The van der Waals surface area contributed by atoms with Crippen LogP contribution in [0.25, 0.3) is 0 Å². The van der Waals surface area contributed by atoms with Crippen LogP contribution >= 0.6 is 0 Å². The summed E-state index contributed by atoms with van der Waals surface area (Å²) in [5, 5.41) is 3.02. The molecule has 0 aromatic heterocycles. The molecule has 1 saturated heterocycles. The van der Waals surface area contributed by atoms with E-state index in [1.54, 1.807) is 0 Å². The Morgan fingerprint density at radius 3 is 2.53 bits per heavy atom. The minimum Gasteiger partial charge on any atom is -0.355 e. The van der Waals surface area contributed by atoms with Gasteiger partial charge in [-0.05, 0) is 39.7 Å². The average molecular weight is 241 g/mol. The van der Waals surface area contributed by atoms with Crippen LogP contribution in [0.1, 0.15) is 34.1 Å². The quantitative estimate of drug-likeness (QED) is 0.749. The van der Waals surface area contributed by atoms with Crippen LogP contribution in [-0.4, -0.2) is 42.5 Å². The van der Waals surface area contributed by atoms with Crippen molar-refractivity contribution in [1.82, 2.24) is 10.2 Å². The molecule has 1 rings (SSSR count). The molecule has 3 atom stereocenters. The summed E-state index contributed by atoms with van der Waals surface area (Å²) in [5.74, 6) is 0.585. The predicted octanol–water partition coefficient (Wildman–Crippen LogP) is 0.816. The van der Waals surface area contributed by atoms with Gasteiger partial charge in [-0.25, -0.2) is 0 Å². The summed E-state index contributed by atoms with van der Waals surface area (Å²) < 4.78 is 0. The molecule has 1 aliphatic heterocycles. The zero-order valence-electron chi connectivity index (χ0n) is 11.6. The van der Waals surface area contributed by atoms with E-state index in [1.807, 2.05) is 13.8 Å². The fraction of sp³-hybridized carbons (Fsp3) is 0.923. The van der Waals surface area contributed by atoms with Gasteiger partial charge in [0, 0.05) is 31.1 Å². The second-order valence-corrected chi connectivity index (χ2v) is 5.64. The van der Waals surface area contributed by atoms with Crippen molar-refractivity contribution >= 4 is 5.91 Å². The van der Waals surface area contributed by atoms with Gasteiger partial charge in [0.05, 0.1) is 0 Å². The Hall–Kier alpha value is -0.610. The Labute approximate surface area is 105 Å². The van der Waals surface area contributed by atoms with Crippen molar-refractivity contribution in [3.63, 3.8) is 0 Å². The molecule has 3 N–H and O–H groups in total. The van der Waals surface area contributed by atoms with Gasteiger partial charge in [-0.2, -0.15) is 0 Å². The molecule has 0 aromatic carbocycles. The molecule has 100 valence electrons. The van der Waals surface area contributed by atoms with Crippen LogP contribution in [0, 0.1) is 11.8 Å². The van der Waals surface area contributed by atoms with Crippen molar-refractivity contribution in [2.24, 2.45) is 17.6 Å². The number of carbonyl (C=O) groups is 1. The topological polar surface area (TPSA) is 58.4 Å². The van der Waals surface area contributed by atoms with Crippen LogP contribution in [0.3, 0.4) is 0 Å². The molecule has 4 heteroatoms. The van der Waals surface area contributed by atoms with Crippen LogP contribution in [0.5, 0.6) is 0 Å². The zero-order chi connectivity index (χ0) is 13.0. The molecule has 1 fully saturated rings. The van der Waals surface area contributed by atoms with E-state index in [0.29, 0.717) is 12.0 Å². The van der Waals surface area contributed by atoms with Crippen molar-refractivity contribution in [2.75, 3.05) is 19.6 Å². The van der Waals surface area contributed by atoms with Crippen LogP contribution < -0.4 is 11.1 Å². The van der Waals surface area contributed by atoms with Gasteiger partial charge in [0.1, 0.15) is 0 Å². The van der Waals surface area contributed by atoms with E-state index in [-0.39, 0.29) is 17.9 Å². The lowest BCUT2D eigenvalue weighted by molar-refractivity contribution is -0.125. The fourth-order valence-electron chi connectivity index (χ4n) is 2.14. The average Bonchev–Trinajstić information content (AvgIpc) is 2.73. The molecule has 17 heavy (non-hydrogen) atoms. The fourth-order valence-corrected chi connectivity index (χ4v) is 2.14. The maximum atomic E-state index is 11.8. The number of hydrogen-bond acceptors (Lipinski definition) is 3. The van der Waals surface area contributed by atoms with Crippen molar-refractivity contribution in [1.29, 1.82) is 0 Å². The maximum Gasteiger partial charge on any atom is 0.224 e. The van der Waals surface area contributed by atoms with E-state index >= 15 is 0 Å². The normalized spacial score (nSPS) is 24.9. The third-order valence-corrected chi connectivity index (χ3v) is 3.81. The van der Waals surface area contributed by atoms with E-state index in [9.17, 15) is 4.79 Å². The number of amides is 1. The molecule has 0 aliphatic carbocycles. The standard InChI is InChI=1S/C13H27N3O/c1-9(2)16-6-5-12(8-16)7-15-13(17)10(3)11(4)14/h9-12H,5-8,14H2,1-4H3,(H,15,17). The first-order valence-electron chi connectivity index (χ1n) is 6.69. The van der Waals surface area contributed by atoms with Gasteiger partial charge in [-0.15, -0.1) is 0 Å². The summed E-state index contributed by atoms with van der Waals surface area (Å²) in [5.41, 5.74) is 5.71. The maximum absolute atomic E-state index is 11.8. The van der Waals surface area contributed by atoms with E-state index in [2.05, 4.69) is 24.1 Å². The minimum absolute atomic E-state index is 0.0780. The lowest BCUT2D eigenvalue weighted by Crippen LogP contribution is -2.41. The third-order valence-electron chi connectivity index (χ3n) is 3.81. The summed E-state index contributed by atoms with van der Waals surface area (Å²) >= 11 is 0. The molecular weight excluding hydrogens is 214 g/mol. The van der Waals surface area contributed by atoms with Gasteiger partial charge in [0.15, 0.2) is 0 Å². The summed E-state index contributed by atoms with van der Waals surface area (Å²) in [6, 6.07) is 0.532. The van der Waals surface area contributed by atoms with Crippen LogP contribution in [0.15, 0.2) is 0 Å². The van der Waals surface area contributed by atoms with Crippen LogP contribution in [-0.2, 0) is 4.79 Å². The van der Waals surface area contributed by atoms with Gasteiger partial charge in [0.25, 0.3) is 0 Å². The molecule has 0 bridgehead atoms. The van der Waals surface area contributed by atoms with E-state index < -0.39 is 0 Å². The molecule has 1 amide bonds. The van der Waals surface area contributed by atoms with E-state index in [0.717, 1.165) is 19.6 Å². The van der Waals surface area contributed by atoms with E-state index in [4.69, 9.17) is 5.73 Å². The lowest BCUT2D eigenvalue weighted by atomic mass is 10.0. The molecule has 0 aromatic rings. The molecular formula is C13H27N3O. The van der Waals surface area contributed by atoms with Gasteiger partial charge >= 0.3 is 0 Å². The molecule has 4 nitrogen and oxygen atoms in total. The second-order valence-electron chi connectivity index (χ2n) is 5.64. The summed E-state index contributed by atoms with van der Waals surface area (Å²) in [6.45, 7) is 11.2. The van der Waals surface area contributed by atoms with Crippen molar-refractivity contribution in [2.45, 2.75) is 46.2 Å². The molecule has 0 spiro atoms. The van der Waals surface area contributed by atoms with Gasteiger partial charge < -0.3 is 16.0 Å². The molecule has 1 heterocycles. The van der Waals surface area contributed by atoms with Gasteiger partial charge in [-0.1, -0.05) is 6.92 Å². The van der Waals surface area contributed by atoms with Gasteiger partial charge in [-0.3, -0.25) is 4.79 Å². The number of nitrogens with zero attached hydrogens (tertiary/aromatic N) is 1. The highest BCUT2D eigenvalue weighted by molar-refractivity contribution is 5.78. The van der Waals surface area contributed by atoms with Crippen LogP contribution in [0.2, 0.25) is 0 Å². The molecule has 0 radical (unpaired) electrons. The largest absolute Gasteiger partial charge is 0.355 e. The van der Waals surface area contributed by atoms with E-state index in [1.165, 1.54) is 6.42 Å². The van der Waals surface area contributed by atoms with Gasteiger partial charge in [0.2, 0.25) is 5.91 Å². The van der Waals surface area contributed by atoms with Crippen molar-refractivity contribution < 1.29 is 4.79 Å². The monoisotopic (exact) mass is 241 g/mol. The Morgan fingerprint density at radius 2 is 2.06 bits per heavy atom. The summed E-state index contributed by atoms with van der Waals surface area (Å²) in [6.07, 6.45) is 1.19. The minimum atomic E-state index is -0.0994. The Kier molecular flexibility index (Phi) is 5.40. The Balaban J connectivity index is 2.26. The molecule has 3 unspecified atom stereocenters. The number of nitrogens with two attached hydrogens (primary N) is 1. The number of rotatable bonds is 5. The number of hydrogen-bond donors (Lipinski definition) is 2. The smallest absolute Gasteiger partial charge is 0.224 e. The third kappa shape index (κ3) is 4.28. The predicted molar refractivity (Wildman–Crippen MR) is 70.6 cm³/mol. The van der Waals surface area contributed by atoms with Crippen molar-refractivity contribution in [3.05, 3.63) is 0 Å². The van der Waals surface area contributed by atoms with Crippen LogP contribution in [0.4, 0.5) is 0 Å². The molecule has 0 saturated carbocycles. The Morgan fingerprint density at radius 1 is 1.41 bits per heavy atom. The lowest BCUT2D eigenvalue weighted by Gasteiger charge is -2.21. The zero-order valence-corrected chi connectivity index (χ0v) is 11.6. The SMILES string of the molecule is CC(N)C(C)C(=O)NCC1CCN(C(C)C)C1. The first-order chi connectivity index (χ1) is 7.91. The highest BCUT2D eigenvalue weighted by Crippen LogP contribution is 2.17. The Bertz CT molecular complexity index is 253. The number of likely N-dealkylation sites (tertiary alicyclic amines) is 1. The molecule has 1 aliphatic rings.